The maximum atomic E-state index is 12.8. The van der Waals surface area contributed by atoms with Gasteiger partial charge in [-0.1, -0.05) is 23.2 Å². The zero-order valence-corrected chi connectivity index (χ0v) is 23.3. The van der Waals surface area contributed by atoms with Crippen LogP contribution in [0.25, 0.3) is 0 Å². The van der Waals surface area contributed by atoms with Crippen LogP contribution < -0.4 is 20.5 Å². The molecule has 0 bridgehead atoms. The molecule has 3 rings (SSSR count). The molecule has 0 spiro atoms. The number of halogens is 5. The summed E-state index contributed by atoms with van der Waals surface area (Å²) in [6, 6.07) is 7.70. The summed E-state index contributed by atoms with van der Waals surface area (Å²) in [5.41, 5.74) is 4.93. The Morgan fingerprint density at radius 1 is 1.10 bits per heavy atom. The highest BCUT2D eigenvalue weighted by molar-refractivity contribution is 6.32. The normalized spacial score (nSPS) is 16.7. The molecule has 1 fully saturated rings. The summed E-state index contributed by atoms with van der Waals surface area (Å²) in [6.07, 6.45) is -4.10. The maximum Gasteiger partial charge on any atom is 0.416 e. The molecule has 1 amide bonds. The van der Waals surface area contributed by atoms with Gasteiger partial charge in [0.25, 0.3) is 0 Å². The molecule has 2 aromatic rings. The van der Waals surface area contributed by atoms with Crippen LogP contribution in [0, 0.1) is 0 Å². The number of aliphatic imine (C=N–C) groups is 1. The Labute approximate surface area is 235 Å². The molecule has 1 aliphatic rings. The molecule has 13 heteroatoms. The maximum absolute atomic E-state index is 12.8. The fraction of sp³-hybridized carbons (Fsp3) is 0.462. The predicted molar refractivity (Wildman–Crippen MR) is 144 cm³/mol. The summed E-state index contributed by atoms with van der Waals surface area (Å²) in [4.78, 5) is 18.3. The summed E-state index contributed by atoms with van der Waals surface area (Å²) in [7, 11) is 0. The van der Waals surface area contributed by atoms with Gasteiger partial charge in [-0.2, -0.15) is 13.2 Å². The zero-order chi connectivity index (χ0) is 28.8. The molecule has 3 N–H and O–H groups in total. The molecular formula is C26H31Cl2F3N4O4. The first-order valence-corrected chi connectivity index (χ1v) is 12.9. The summed E-state index contributed by atoms with van der Waals surface area (Å²) in [6.45, 7) is 7.84. The standard InChI is InChI=1S/C26H31Cl2F3N4O4/c1-25(2,3)39-24(36)34-18-8-9-35(14-18)10-11-37-21-7-5-17(13-20(21)28)33-23(32)15-38-22-6-4-16(12-19(22)27)26(29,30)31/h4-7,12-13,18H,8-11,14-15H2,1-3H3,(H2,32,33)(H,34,36). The first-order valence-electron chi connectivity index (χ1n) is 12.2. The van der Waals surface area contributed by atoms with E-state index >= 15 is 0 Å². The average molecular weight is 591 g/mol. The molecule has 1 atom stereocenters. The number of nitrogens with one attached hydrogen (secondary N) is 1. The van der Waals surface area contributed by atoms with Gasteiger partial charge in [0.05, 0.1) is 21.3 Å². The van der Waals surface area contributed by atoms with Crippen LogP contribution in [0.4, 0.5) is 23.7 Å². The van der Waals surface area contributed by atoms with E-state index in [-0.39, 0.29) is 29.3 Å². The van der Waals surface area contributed by atoms with Gasteiger partial charge in [0.15, 0.2) is 0 Å². The summed E-state index contributed by atoms with van der Waals surface area (Å²) in [5, 5.41) is 3.03. The van der Waals surface area contributed by atoms with Crippen molar-refractivity contribution in [2.75, 3.05) is 32.8 Å². The number of amidine groups is 1. The average Bonchev–Trinajstić information content (AvgIpc) is 3.24. The number of alkyl carbamates (subject to hydrolysis) is 1. The van der Waals surface area contributed by atoms with Crippen molar-refractivity contribution in [1.82, 2.24) is 10.2 Å². The Balaban J connectivity index is 1.44. The van der Waals surface area contributed by atoms with Crippen LogP contribution in [0.3, 0.4) is 0 Å². The SMILES string of the molecule is CC(C)(C)OC(=O)NC1CCN(CCOc2ccc(N=C(N)COc3ccc(C(F)(F)F)cc3Cl)cc2Cl)C1. The largest absolute Gasteiger partial charge is 0.491 e. The van der Waals surface area contributed by atoms with Crippen molar-refractivity contribution < 1.29 is 32.2 Å². The van der Waals surface area contributed by atoms with Gasteiger partial charge >= 0.3 is 12.3 Å². The van der Waals surface area contributed by atoms with E-state index in [0.29, 0.717) is 36.2 Å². The number of amides is 1. The minimum Gasteiger partial charge on any atom is -0.491 e. The van der Waals surface area contributed by atoms with Gasteiger partial charge in [0, 0.05) is 25.7 Å². The molecule has 39 heavy (non-hydrogen) atoms. The highest BCUT2D eigenvalue weighted by Crippen LogP contribution is 2.35. The molecule has 2 aromatic carbocycles. The number of alkyl halides is 3. The van der Waals surface area contributed by atoms with Gasteiger partial charge in [0.2, 0.25) is 0 Å². The van der Waals surface area contributed by atoms with E-state index in [2.05, 4.69) is 15.2 Å². The first kappa shape index (κ1) is 30.6. The van der Waals surface area contributed by atoms with E-state index in [4.69, 9.17) is 43.1 Å². The van der Waals surface area contributed by atoms with Crippen molar-refractivity contribution in [1.29, 1.82) is 0 Å². The van der Waals surface area contributed by atoms with E-state index in [1.807, 2.05) is 20.8 Å². The summed E-state index contributed by atoms with van der Waals surface area (Å²) >= 11 is 12.2. The molecule has 0 aromatic heterocycles. The van der Waals surface area contributed by atoms with Crippen molar-refractivity contribution in [3.05, 3.63) is 52.0 Å². The molecule has 1 unspecified atom stereocenters. The third-order valence-electron chi connectivity index (χ3n) is 5.48. The Hall–Kier alpha value is -2.89. The van der Waals surface area contributed by atoms with E-state index in [9.17, 15) is 18.0 Å². The quantitative estimate of drug-likeness (QED) is 0.272. The number of hydrogen-bond acceptors (Lipinski definition) is 6. The van der Waals surface area contributed by atoms with E-state index in [1.54, 1.807) is 18.2 Å². The highest BCUT2D eigenvalue weighted by Gasteiger charge is 2.31. The van der Waals surface area contributed by atoms with Crippen LogP contribution in [-0.2, 0) is 10.9 Å². The smallest absolute Gasteiger partial charge is 0.416 e. The number of nitrogens with two attached hydrogens (primary N) is 1. The van der Waals surface area contributed by atoms with Gasteiger partial charge < -0.3 is 25.3 Å². The molecular weight excluding hydrogens is 560 g/mol. The Morgan fingerprint density at radius 3 is 2.41 bits per heavy atom. The Kier molecular flexibility index (Phi) is 10.2. The van der Waals surface area contributed by atoms with Crippen molar-refractivity contribution in [3.63, 3.8) is 0 Å². The number of carbonyl (C=O) groups is 1. The lowest BCUT2D eigenvalue weighted by atomic mass is 10.2. The molecule has 0 aliphatic carbocycles. The van der Waals surface area contributed by atoms with Gasteiger partial charge in [-0.25, -0.2) is 9.79 Å². The van der Waals surface area contributed by atoms with Gasteiger partial charge in [-0.15, -0.1) is 0 Å². The number of carbonyl (C=O) groups excluding carboxylic acids is 1. The van der Waals surface area contributed by atoms with Crippen LogP contribution in [0.5, 0.6) is 11.5 Å². The van der Waals surface area contributed by atoms with Gasteiger partial charge in [-0.3, -0.25) is 4.90 Å². The van der Waals surface area contributed by atoms with Crippen molar-refractivity contribution in [2.45, 2.75) is 45.0 Å². The van der Waals surface area contributed by atoms with Crippen LogP contribution in [0.1, 0.15) is 32.8 Å². The van der Waals surface area contributed by atoms with Crippen molar-refractivity contribution >= 4 is 40.8 Å². The molecule has 214 valence electrons. The van der Waals surface area contributed by atoms with E-state index < -0.39 is 23.4 Å². The van der Waals surface area contributed by atoms with E-state index in [1.165, 1.54) is 0 Å². The number of ether oxygens (including phenoxy) is 3. The third-order valence-corrected chi connectivity index (χ3v) is 6.07. The van der Waals surface area contributed by atoms with Crippen molar-refractivity contribution in [2.24, 2.45) is 10.7 Å². The summed E-state index contributed by atoms with van der Waals surface area (Å²) < 4.78 is 54.8. The van der Waals surface area contributed by atoms with E-state index in [0.717, 1.165) is 31.2 Å². The topological polar surface area (TPSA) is 98.4 Å². The predicted octanol–water partition coefficient (Wildman–Crippen LogP) is 6.06. The van der Waals surface area contributed by atoms with Crippen LogP contribution in [0.15, 0.2) is 41.4 Å². The molecule has 1 aliphatic heterocycles. The lowest BCUT2D eigenvalue weighted by Gasteiger charge is -2.22. The molecule has 1 heterocycles. The monoisotopic (exact) mass is 590 g/mol. The third kappa shape index (κ3) is 9.98. The number of nitrogens with zero attached hydrogens (tertiary/aromatic N) is 2. The van der Waals surface area contributed by atoms with Gasteiger partial charge in [0.1, 0.15) is 36.1 Å². The minimum absolute atomic E-state index is 0.0188. The second kappa shape index (κ2) is 13.0. The first-order chi connectivity index (χ1) is 18.2. The van der Waals surface area contributed by atoms with Crippen molar-refractivity contribution in [3.8, 4) is 11.5 Å². The number of benzene rings is 2. The lowest BCUT2D eigenvalue weighted by Crippen LogP contribution is -2.40. The minimum atomic E-state index is -4.50. The lowest BCUT2D eigenvalue weighted by molar-refractivity contribution is -0.137. The van der Waals surface area contributed by atoms with Crippen LogP contribution >= 0.6 is 23.2 Å². The number of likely N-dealkylation sites (tertiary alicyclic amines) is 1. The molecule has 8 nitrogen and oxygen atoms in total. The Morgan fingerprint density at radius 2 is 1.77 bits per heavy atom. The fourth-order valence-corrected chi connectivity index (χ4v) is 4.20. The fourth-order valence-electron chi connectivity index (χ4n) is 3.73. The number of hydrogen-bond donors (Lipinski definition) is 2. The second-order valence-corrected chi connectivity index (χ2v) is 10.7. The zero-order valence-electron chi connectivity index (χ0n) is 21.8. The molecule has 0 radical (unpaired) electrons. The Bertz CT molecular complexity index is 1190. The van der Waals surface area contributed by atoms with Gasteiger partial charge in [-0.05, 0) is 63.6 Å². The summed E-state index contributed by atoms with van der Waals surface area (Å²) in [5.74, 6) is 0.596. The number of rotatable bonds is 9. The highest BCUT2D eigenvalue weighted by atomic mass is 35.5. The molecule has 1 saturated heterocycles. The second-order valence-electron chi connectivity index (χ2n) is 9.93. The van der Waals surface area contributed by atoms with Crippen LogP contribution in [0.2, 0.25) is 10.0 Å². The molecule has 0 saturated carbocycles. The van der Waals surface area contributed by atoms with Crippen LogP contribution in [-0.4, -0.2) is 61.3 Å².